The molecule has 0 bridgehead atoms. The maximum atomic E-state index is 12.8. The molecule has 2 N–H and O–H groups in total. The lowest BCUT2D eigenvalue weighted by Crippen LogP contribution is -2.54. The van der Waals surface area contributed by atoms with Gasteiger partial charge in [0.2, 0.25) is 5.91 Å². The summed E-state index contributed by atoms with van der Waals surface area (Å²) >= 11 is 5.80. The second-order valence-corrected chi connectivity index (χ2v) is 7.53. The lowest BCUT2D eigenvalue weighted by Gasteiger charge is -2.36. The van der Waals surface area contributed by atoms with Crippen molar-refractivity contribution in [1.82, 2.24) is 15.5 Å². The van der Waals surface area contributed by atoms with Gasteiger partial charge in [-0.3, -0.25) is 14.5 Å². The van der Waals surface area contributed by atoms with Crippen LogP contribution in [-0.4, -0.2) is 48.0 Å². The van der Waals surface area contributed by atoms with Gasteiger partial charge in [0.1, 0.15) is 24.4 Å². The zero-order chi connectivity index (χ0) is 19.4. The molecule has 8 heteroatoms. The second kappa shape index (κ2) is 8.17. The van der Waals surface area contributed by atoms with Gasteiger partial charge in [0, 0.05) is 5.02 Å². The zero-order valence-electron chi connectivity index (χ0n) is 15.3. The number of urea groups is 1. The molecule has 2 fully saturated rings. The Morgan fingerprint density at radius 3 is 2.78 bits per heavy atom. The number of carbonyl (C=O) groups excluding carboxylic acids is 3. The molecule has 2 atom stereocenters. The van der Waals surface area contributed by atoms with Gasteiger partial charge in [-0.05, 0) is 43.0 Å². The molecule has 1 heterocycles. The summed E-state index contributed by atoms with van der Waals surface area (Å²) in [7, 11) is 0. The van der Waals surface area contributed by atoms with Crippen LogP contribution in [0.5, 0.6) is 5.75 Å². The third-order valence-electron chi connectivity index (χ3n) is 5.31. The second-order valence-electron chi connectivity index (χ2n) is 7.09. The van der Waals surface area contributed by atoms with E-state index in [9.17, 15) is 14.4 Å². The number of halogens is 1. The van der Waals surface area contributed by atoms with Gasteiger partial charge in [0.25, 0.3) is 5.91 Å². The Hall–Kier alpha value is -2.28. The van der Waals surface area contributed by atoms with Gasteiger partial charge in [0.15, 0.2) is 0 Å². The Balaban J connectivity index is 1.47. The van der Waals surface area contributed by atoms with Crippen molar-refractivity contribution in [2.24, 2.45) is 5.92 Å². The third-order valence-corrected chi connectivity index (χ3v) is 5.56. The van der Waals surface area contributed by atoms with Gasteiger partial charge in [-0.25, -0.2) is 4.79 Å². The fraction of sp³-hybridized carbons (Fsp3) is 0.526. The van der Waals surface area contributed by atoms with Crippen LogP contribution in [0.1, 0.15) is 32.6 Å². The first-order valence-electron chi connectivity index (χ1n) is 9.21. The van der Waals surface area contributed by atoms with E-state index in [2.05, 4.69) is 10.6 Å². The van der Waals surface area contributed by atoms with Crippen LogP contribution in [0.2, 0.25) is 5.02 Å². The molecule has 1 aliphatic heterocycles. The average Bonchev–Trinajstić information content (AvgIpc) is 2.88. The maximum absolute atomic E-state index is 12.8. The Morgan fingerprint density at radius 1 is 1.33 bits per heavy atom. The molecule has 1 aromatic carbocycles. The van der Waals surface area contributed by atoms with Crippen LogP contribution in [-0.2, 0) is 9.59 Å². The first-order valence-corrected chi connectivity index (χ1v) is 9.59. The zero-order valence-corrected chi connectivity index (χ0v) is 16.1. The number of amides is 4. The largest absolute Gasteiger partial charge is 0.492 e. The minimum Gasteiger partial charge on any atom is -0.492 e. The number of carbonyl (C=O) groups is 3. The molecule has 1 aromatic rings. The molecule has 7 nitrogen and oxygen atoms in total. The summed E-state index contributed by atoms with van der Waals surface area (Å²) in [5.74, 6) is 0.0468. The minimum atomic E-state index is -0.840. The van der Waals surface area contributed by atoms with E-state index < -0.39 is 17.5 Å². The van der Waals surface area contributed by atoms with E-state index in [0.717, 1.165) is 24.2 Å². The van der Waals surface area contributed by atoms with Gasteiger partial charge in [-0.2, -0.15) is 0 Å². The highest BCUT2D eigenvalue weighted by atomic mass is 35.5. The topological polar surface area (TPSA) is 87.7 Å². The first-order chi connectivity index (χ1) is 12.9. The molecule has 1 spiro atoms. The summed E-state index contributed by atoms with van der Waals surface area (Å²) in [5.41, 5.74) is -0.840. The van der Waals surface area contributed by atoms with Crippen molar-refractivity contribution in [2.75, 3.05) is 19.7 Å². The number of ether oxygens (including phenoxy) is 1. The Kier molecular flexibility index (Phi) is 5.89. The van der Waals surface area contributed by atoms with E-state index >= 15 is 0 Å². The van der Waals surface area contributed by atoms with E-state index in [1.54, 1.807) is 24.3 Å². The van der Waals surface area contributed by atoms with Crippen molar-refractivity contribution < 1.29 is 19.1 Å². The van der Waals surface area contributed by atoms with Crippen LogP contribution < -0.4 is 15.4 Å². The minimum absolute atomic E-state index is 0.0727. The highest BCUT2D eigenvalue weighted by Gasteiger charge is 2.55. The Labute approximate surface area is 163 Å². The van der Waals surface area contributed by atoms with Crippen LogP contribution in [0.3, 0.4) is 0 Å². The van der Waals surface area contributed by atoms with Crippen LogP contribution in [0.15, 0.2) is 24.3 Å². The van der Waals surface area contributed by atoms with Gasteiger partial charge in [-0.1, -0.05) is 31.4 Å². The first kappa shape index (κ1) is 19.5. The number of hydrogen-bond acceptors (Lipinski definition) is 4. The number of rotatable bonds is 6. The molecule has 1 saturated heterocycles. The van der Waals surface area contributed by atoms with Crippen LogP contribution in [0.25, 0.3) is 0 Å². The lowest BCUT2D eigenvalue weighted by molar-refractivity contribution is -0.137. The van der Waals surface area contributed by atoms with Crippen molar-refractivity contribution in [1.29, 1.82) is 0 Å². The molecular formula is C19H24ClN3O4. The summed E-state index contributed by atoms with van der Waals surface area (Å²) in [6, 6.07) is 6.43. The normalized spacial score (nSPS) is 24.8. The number of nitrogens with one attached hydrogen (secondary N) is 2. The SMILES string of the molecule is C[C@H]1CCCC[C@]12NC(=O)N(CC(=O)NCCOc1ccc(Cl)cc1)C2=O. The Morgan fingerprint density at radius 2 is 2.07 bits per heavy atom. The summed E-state index contributed by atoms with van der Waals surface area (Å²) in [6.07, 6.45) is 3.48. The molecular weight excluding hydrogens is 370 g/mol. The molecule has 0 aromatic heterocycles. The van der Waals surface area contributed by atoms with Crippen molar-refractivity contribution in [2.45, 2.75) is 38.1 Å². The van der Waals surface area contributed by atoms with E-state index in [1.165, 1.54) is 0 Å². The average molecular weight is 394 g/mol. The van der Waals surface area contributed by atoms with E-state index in [0.29, 0.717) is 17.2 Å². The van der Waals surface area contributed by atoms with Gasteiger partial charge < -0.3 is 15.4 Å². The van der Waals surface area contributed by atoms with E-state index in [4.69, 9.17) is 16.3 Å². The molecule has 4 amide bonds. The molecule has 1 saturated carbocycles. The molecule has 1 aliphatic carbocycles. The fourth-order valence-corrected chi connectivity index (χ4v) is 3.85. The molecule has 0 radical (unpaired) electrons. The number of benzene rings is 1. The predicted molar refractivity (Wildman–Crippen MR) is 101 cm³/mol. The van der Waals surface area contributed by atoms with Crippen molar-refractivity contribution in [3.8, 4) is 5.75 Å². The third kappa shape index (κ3) is 4.18. The van der Waals surface area contributed by atoms with Crippen molar-refractivity contribution in [3.63, 3.8) is 0 Å². The molecule has 27 heavy (non-hydrogen) atoms. The highest BCUT2D eigenvalue weighted by molar-refractivity contribution is 6.30. The molecule has 146 valence electrons. The van der Waals surface area contributed by atoms with Crippen LogP contribution in [0.4, 0.5) is 4.79 Å². The van der Waals surface area contributed by atoms with Crippen LogP contribution >= 0.6 is 11.6 Å². The van der Waals surface area contributed by atoms with E-state index in [-0.39, 0.29) is 31.5 Å². The fourth-order valence-electron chi connectivity index (χ4n) is 3.73. The monoisotopic (exact) mass is 393 g/mol. The Bertz CT molecular complexity index is 724. The highest BCUT2D eigenvalue weighted by Crippen LogP contribution is 2.38. The standard InChI is InChI=1S/C19H24ClN3O4/c1-13-4-2-3-9-19(13)17(25)23(18(26)22-19)12-16(24)21-10-11-27-15-7-5-14(20)6-8-15/h5-8,13H,2-4,9-12H2,1H3,(H,21,24)(H,22,26)/t13-,19-/m0/s1. The predicted octanol–water partition coefficient (Wildman–Crippen LogP) is 2.34. The van der Waals surface area contributed by atoms with E-state index in [1.807, 2.05) is 6.92 Å². The summed E-state index contributed by atoms with van der Waals surface area (Å²) in [4.78, 5) is 38.2. The molecule has 3 rings (SSSR count). The lowest BCUT2D eigenvalue weighted by atomic mass is 9.73. The number of hydrogen-bond donors (Lipinski definition) is 2. The molecule has 0 unspecified atom stereocenters. The quantitative estimate of drug-likeness (QED) is 0.573. The van der Waals surface area contributed by atoms with Gasteiger partial charge in [0.05, 0.1) is 6.54 Å². The number of nitrogens with zero attached hydrogens (tertiary/aromatic N) is 1. The summed E-state index contributed by atoms with van der Waals surface area (Å²) in [5, 5.41) is 6.13. The summed E-state index contributed by atoms with van der Waals surface area (Å²) < 4.78 is 5.49. The smallest absolute Gasteiger partial charge is 0.325 e. The van der Waals surface area contributed by atoms with Crippen molar-refractivity contribution in [3.05, 3.63) is 29.3 Å². The van der Waals surface area contributed by atoms with Gasteiger partial charge >= 0.3 is 6.03 Å². The summed E-state index contributed by atoms with van der Waals surface area (Å²) in [6.45, 7) is 2.25. The van der Waals surface area contributed by atoms with Gasteiger partial charge in [-0.15, -0.1) is 0 Å². The number of imide groups is 1. The molecule has 2 aliphatic rings. The maximum Gasteiger partial charge on any atom is 0.325 e. The van der Waals surface area contributed by atoms with Crippen molar-refractivity contribution >= 4 is 29.4 Å². The van der Waals surface area contributed by atoms with Crippen LogP contribution in [0, 0.1) is 5.92 Å².